The number of hydrogen-bond donors (Lipinski definition) is 2. The van der Waals surface area contributed by atoms with E-state index >= 15 is 0 Å². The topological polar surface area (TPSA) is 103 Å². The molecule has 0 spiro atoms. The van der Waals surface area contributed by atoms with Crippen LogP contribution in [0.1, 0.15) is 0 Å². The van der Waals surface area contributed by atoms with Crippen LogP contribution in [0.15, 0.2) is 46.9 Å². The molecule has 2 aromatic heterocycles. The average Bonchev–Trinajstić information content (AvgIpc) is 2.29. The van der Waals surface area contributed by atoms with Gasteiger partial charge in [0.1, 0.15) is 17.2 Å². The maximum absolute atomic E-state index is 5.63. The van der Waals surface area contributed by atoms with E-state index in [4.69, 9.17) is 11.5 Å². The fourth-order valence-electron chi connectivity index (χ4n) is 1.09. The van der Waals surface area contributed by atoms with Crippen molar-refractivity contribution < 1.29 is 0 Å². The molecule has 0 fully saturated rings. The Morgan fingerprint density at radius 1 is 1.06 bits per heavy atom. The molecular formula is C10H10N6. The number of nitrogens with zero attached hydrogens (tertiary/aromatic N) is 4. The summed E-state index contributed by atoms with van der Waals surface area (Å²) in [5.74, 6) is 0.616. The third-order valence-corrected chi connectivity index (χ3v) is 1.84. The number of nitrogens with two attached hydrogens (primary N) is 2. The van der Waals surface area contributed by atoms with Gasteiger partial charge in [-0.15, -0.1) is 10.2 Å². The molecule has 0 unspecified atom stereocenters. The number of azo groups is 1. The molecule has 6 heteroatoms. The molecule has 0 atom stereocenters. The van der Waals surface area contributed by atoms with E-state index < -0.39 is 0 Å². The van der Waals surface area contributed by atoms with Crippen molar-refractivity contribution in [2.75, 3.05) is 11.5 Å². The van der Waals surface area contributed by atoms with Crippen LogP contribution in [-0.4, -0.2) is 9.97 Å². The zero-order valence-corrected chi connectivity index (χ0v) is 8.41. The SMILES string of the molecule is Nc1ccc(N=Nc2cccnc2)c(N)n1. The van der Waals surface area contributed by atoms with Crippen molar-refractivity contribution in [1.29, 1.82) is 0 Å². The van der Waals surface area contributed by atoms with E-state index in [2.05, 4.69) is 20.2 Å². The van der Waals surface area contributed by atoms with Crippen molar-refractivity contribution in [1.82, 2.24) is 9.97 Å². The minimum atomic E-state index is 0.257. The molecule has 0 amide bonds. The second kappa shape index (κ2) is 4.35. The summed E-state index contributed by atoms with van der Waals surface area (Å²) in [6.45, 7) is 0. The predicted molar refractivity (Wildman–Crippen MR) is 61.5 cm³/mol. The highest BCUT2D eigenvalue weighted by Crippen LogP contribution is 2.23. The molecule has 0 aliphatic heterocycles. The summed E-state index contributed by atoms with van der Waals surface area (Å²) in [4.78, 5) is 7.78. The van der Waals surface area contributed by atoms with Crippen LogP contribution in [0.25, 0.3) is 0 Å². The largest absolute Gasteiger partial charge is 0.384 e. The quantitative estimate of drug-likeness (QED) is 0.746. The van der Waals surface area contributed by atoms with E-state index in [1.54, 1.807) is 36.7 Å². The number of aromatic nitrogens is 2. The summed E-state index contributed by atoms with van der Waals surface area (Å²) in [6.07, 6.45) is 3.27. The first-order valence-corrected chi connectivity index (χ1v) is 4.59. The molecule has 16 heavy (non-hydrogen) atoms. The predicted octanol–water partition coefficient (Wildman–Crippen LogP) is 2.06. The van der Waals surface area contributed by atoms with Gasteiger partial charge in [-0.25, -0.2) is 4.98 Å². The second-order valence-electron chi connectivity index (χ2n) is 3.05. The molecule has 4 N–H and O–H groups in total. The Balaban J connectivity index is 2.24. The summed E-state index contributed by atoms with van der Waals surface area (Å²) in [5.41, 5.74) is 12.2. The van der Waals surface area contributed by atoms with Gasteiger partial charge in [0, 0.05) is 6.20 Å². The van der Waals surface area contributed by atoms with E-state index in [0.717, 1.165) is 0 Å². The Morgan fingerprint density at radius 2 is 1.94 bits per heavy atom. The Bertz CT molecular complexity index is 508. The van der Waals surface area contributed by atoms with Crippen LogP contribution in [0.2, 0.25) is 0 Å². The van der Waals surface area contributed by atoms with Crippen molar-refractivity contribution in [3.8, 4) is 0 Å². The Hall–Kier alpha value is -2.50. The van der Waals surface area contributed by atoms with E-state index in [1.807, 2.05) is 0 Å². The van der Waals surface area contributed by atoms with Crippen molar-refractivity contribution in [3.63, 3.8) is 0 Å². The highest BCUT2D eigenvalue weighted by atomic mass is 15.1. The number of rotatable bonds is 2. The molecule has 80 valence electrons. The Labute approximate surface area is 92.1 Å². The first kappa shape index (κ1) is 10.0. The lowest BCUT2D eigenvalue weighted by molar-refractivity contribution is 1.18. The van der Waals surface area contributed by atoms with Crippen molar-refractivity contribution in [3.05, 3.63) is 36.7 Å². The summed E-state index contributed by atoms with van der Waals surface area (Å²) >= 11 is 0. The molecule has 2 aromatic rings. The minimum absolute atomic E-state index is 0.257. The highest BCUT2D eigenvalue weighted by molar-refractivity contribution is 5.60. The number of hydrogen-bond acceptors (Lipinski definition) is 6. The smallest absolute Gasteiger partial charge is 0.153 e. The van der Waals surface area contributed by atoms with Crippen LogP contribution in [0.3, 0.4) is 0 Å². The van der Waals surface area contributed by atoms with Crippen LogP contribution in [-0.2, 0) is 0 Å². The molecule has 0 aliphatic carbocycles. The summed E-state index contributed by atoms with van der Waals surface area (Å²) in [6, 6.07) is 6.85. The fourth-order valence-corrected chi connectivity index (χ4v) is 1.09. The van der Waals surface area contributed by atoms with Gasteiger partial charge in [0.05, 0.1) is 6.20 Å². The third-order valence-electron chi connectivity index (χ3n) is 1.84. The van der Waals surface area contributed by atoms with Crippen molar-refractivity contribution in [2.24, 2.45) is 10.2 Å². The zero-order valence-electron chi connectivity index (χ0n) is 8.41. The maximum atomic E-state index is 5.63. The van der Waals surface area contributed by atoms with Gasteiger partial charge in [-0.3, -0.25) is 4.98 Å². The number of pyridine rings is 2. The number of anilines is 2. The number of nitrogen functional groups attached to an aromatic ring is 2. The molecule has 2 heterocycles. The van der Waals surface area contributed by atoms with E-state index in [-0.39, 0.29) is 5.82 Å². The van der Waals surface area contributed by atoms with Crippen LogP contribution < -0.4 is 11.5 Å². The summed E-state index contributed by atoms with van der Waals surface area (Å²) in [7, 11) is 0. The summed E-state index contributed by atoms with van der Waals surface area (Å²) in [5, 5.41) is 7.93. The molecule has 0 aliphatic rings. The minimum Gasteiger partial charge on any atom is -0.384 e. The molecule has 2 rings (SSSR count). The van der Waals surface area contributed by atoms with Crippen LogP contribution in [0.4, 0.5) is 23.0 Å². The van der Waals surface area contributed by atoms with E-state index in [0.29, 0.717) is 17.2 Å². The Morgan fingerprint density at radius 3 is 2.62 bits per heavy atom. The van der Waals surface area contributed by atoms with Crippen LogP contribution in [0, 0.1) is 0 Å². The van der Waals surface area contributed by atoms with E-state index in [1.165, 1.54) is 0 Å². The highest BCUT2D eigenvalue weighted by Gasteiger charge is 1.98. The lowest BCUT2D eigenvalue weighted by Crippen LogP contribution is -1.95. The average molecular weight is 214 g/mol. The lowest BCUT2D eigenvalue weighted by atomic mass is 10.4. The zero-order chi connectivity index (χ0) is 11.4. The normalized spacial score (nSPS) is 10.8. The van der Waals surface area contributed by atoms with Gasteiger partial charge in [0.15, 0.2) is 5.82 Å². The van der Waals surface area contributed by atoms with Gasteiger partial charge >= 0.3 is 0 Å². The molecular weight excluding hydrogens is 204 g/mol. The van der Waals surface area contributed by atoms with Crippen LogP contribution >= 0.6 is 0 Å². The van der Waals surface area contributed by atoms with Crippen molar-refractivity contribution >= 4 is 23.0 Å². The first-order chi connectivity index (χ1) is 7.75. The molecule has 0 aromatic carbocycles. The van der Waals surface area contributed by atoms with Crippen molar-refractivity contribution in [2.45, 2.75) is 0 Å². The van der Waals surface area contributed by atoms with Gasteiger partial charge in [-0.1, -0.05) is 0 Å². The fraction of sp³-hybridized carbons (Fsp3) is 0. The maximum Gasteiger partial charge on any atom is 0.153 e. The van der Waals surface area contributed by atoms with Crippen LogP contribution in [0.5, 0.6) is 0 Å². The molecule has 0 bridgehead atoms. The lowest BCUT2D eigenvalue weighted by Gasteiger charge is -1.98. The summed E-state index contributed by atoms with van der Waals surface area (Å²) < 4.78 is 0. The van der Waals surface area contributed by atoms with Gasteiger partial charge in [0.2, 0.25) is 0 Å². The first-order valence-electron chi connectivity index (χ1n) is 4.59. The van der Waals surface area contributed by atoms with E-state index in [9.17, 15) is 0 Å². The van der Waals surface area contributed by atoms with Gasteiger partial charge in [-0.2, -0.15) is 0 Å². The molecule has 0 saturated heterocycles. The van der Waals surface area contributed by atoms with Gasteiger partial charge in [0.25, 0.3) is 0 Å². The van der Waals surface area contributed by atoms with Gasteiger partial charge in [-0.05, 0) is 24.3 Å². The Kier molecular flexibility index (Phi) is 2.73. The molecule has 0 saturated carbocycles. The molecule has 0 radical (unpaired) electrons. The monoisotopic (exact) mass is 214 g/mol. The second-order valence-corrected chi connectivity index (χ2v) is 3.05. The van der Waals surface area contributed by atoms with Gasteiger partial charge < -0.3 is 11.5 Å². The molecule has 6 nitrogen and oxygen atoms in total. The standard InChI is InChI=1S/C10H10N6/c11-9-4-3-8(10(12)14-9)16-15-7-2-1-5-13-6-7/h1-6H,(H4,11,12,14). The third kappa shape index (κ3) is 2.30.